The highest BCUT2D eigenvalue weighted by Crippen LogP contribution is 2.19. The largest absolute Gasteiger partial charge is 0.329 e. The smallest absolute Gasteiger partial charge is 0.240 e. The minimum atomic E-state index is -3.90. The molecule has 1 aromatic rings. The standard InChI is InChI=1S/C10H16FN3O4S2.ClH/c1-7(6-12)13-20(17,18)8-3-4-10(9(11)5-8)14-19(2,15)16;/h3-5,7,13-14H,6,12H2,1-2H3;1H/t7-;/m0./s1. The van der Waals surface area contributed by atoms with Crippen molar-refractivity contribution in [3.8, 4) is 0 Å². The van der Waals surface area contributed by atoms with E-state index in [4.69, 9.17) is 5.73 Å². The van der Waals surface area contributed by atoms with Crippen molar-refractivity contribution < 1.29 is 21.2 Å². The summed E-state index contributed by atoms with van der Waals surface area (Å²) < 4.78 is 63.6. The molecule has 11 heteroatoms. The van der Waals surface area contributed by atoms with Crippen LogP contribution in [0.3, 0.4) is 0 Å². The maximum Gasteiger partial charge on any atom is 0.240 e. The number of benzene rings is 1. The van der Waals surface area contributed by atoms with Crippen molar-refractivity contribution in [2.24, 2.45) is 5.73 Å². The van der Waals surface area contributed by atoms with E-state index in [1.54, 1.807) is 6.92 Å². The number of hydrogen-bond donors (Lipinski definition) is 3. The van der Waals surface area contributed by atoms with Crippen LogP contribution in [-0.2, 0) is 20.0 Å². The maximum absolute atomic E-state index is 13.7. The Kier molecular flexibility index (Phi) is 7.03. The Morgan fingerprint density at radius 3 is 2.29 bits per heavy atom. The van der Waals surface area contributed by atoms with Gasteiger partial charge in [0, 0.05) is 12.6 Å². The molecule has 1 atom stereocenters. The molecule has 0 amide bonds. The fraction of sp³-hybridized carbons (Fsp3) is 0.400. The van der Waals surface area contributed by atoms with Crippen LogP contribution < -0.4 is 15.2 Å². The molecule has 1 rings (SSSR count). The van der Waals surface area contributed by atoms with Gasteiger partial charge < -0.3 is 5.73 Å². The molecular formula is C10H17ClFN3O4S2. The minimum absolute atomic E-state index is 0. The summed E-state index contributed by atoms with van der Waals surface area (Å²) in [5.74, 6) is -0.987. The van der Waals surface area contributed by atoms with Crippen LogP contribution in [-0.4, -0.2) is 35.7 Å². The fourth-order valence-corrected chi connectivity index (χ4v) is 3.16. The first-order chi connectivity index (χ1) is 9.05. The molecule has 0 spiro atoms. The lowest BCUT2D eigenvalue weighted by atomic mass is 10.3. The summed E-state index contributed by atoms with van der Waals surface area (Å²) in [6, 6.07) is 2.37. The minimum Gasteiger partial charge on any atom is -0.329 e. The number of hydrogen-bond acceptors (Lipinski definition) is 5. The average Bonchev–Trinajstić information content (AvgIpc) is 2.29. The third-order valence-corrected chi connectivity index (χ3v) is 4.43. The van der Waals surface area contributed by atoms with Crippen LogP contribution in [0.25, 0.3) is 0 Å². The number of rotatable bonds is 6. The Balaban J connectivity index is 0.00000400. The molecule has 0 heterocycles. The van der Waals surface area contributed by atoms with Crippen LogP contribution in [0, 0.1) is 5.82 Å². The van der Waals surface area contributed by atoms with E-state index in [2.05, 4.69) is 4.72 Å². The molecule has 0 unspecified atom stereocenters. The number of nitrogens with two attached hydrogens (primary N) is 1. The highest BCUT2D eigenvalue weighted by molar-refractivity contribution is 7.92. The summed E-state index contributed by atoms with van der Waals surface area (Å²) in [6.07, 6.45) is 0.863. The van der Waals surface area contributed by atoms with Gasteiger partial charge in [-0.05, 0) is 25.1 Å². The van der Waals surface area contributed by atoms with Gasteiger partial charge >= 0.3 is 0 Å². The third-order valence-electron chi connectivity index (χ3n) is 2.26. The first-order valence-electron chi connectivity index (χ1n) is 5.55. The zero-order chi connectivity index (χ0) is 15.6. The predicted molar refractivity (Wildman–Crippen MR) is 81.0 cm³/mol. The van der Waals surface area contributed by atoms with Crippen molar-refractivity contribution in [2.75, 3.05) is 17.5 Å². The highest BCUT2D eigenvalue weighted by atomic mass is 35.5. The van der Waals surface area contributed by atoms with Crippen molar-refractivity contribution in [2.45, 2.75) is 17.9 Å². The predicted octanol–water partition coefficient (Wildman–Crippen LogP) is 0.245. The molecule has 0 bridgehead atoms. The summed E-state index contributed by atoms with van der Waals surface area (Å²) in [6.45, 7) is 1.66. The molecule has 0 aliphatic heterocycles. The zero-order valence-electron chi connectivity index (χ0n) is 11.3. The molecule has 4 N–H and O–H groups in total. The van der Waals surface area contributed by atoms with Gasteiger partial charge in [-0.25, -0.2) is 25.9 Å². The van der Waals surface area contributed by atoms with Gasteiger partial charge in [0.2, 0.25) is 20.0 Å². The Morgan fingerprint density at radius 1 is 1.29 bits per heavy atom. The summed E-state index contributed by atoms with van der Waals surface area (Å²) in [5, 5.41) is 0. The van der Waals surface area contributed by atoms with Crippen molar-refractivity contribution in [3.63, 3.8) is 0 Å². The molecule has 122 valence electrons. The SMILES string of the molecule is C[C@@H](CN)NS(=O)(=O)c1ccc(NS(C)(=O)=O)c(F)c1.Cl. The normalized spacial score (nSPS) is 13.3. The van der Waals surface area contributed by atoms with Gasteiger partial charge in [-0.1, -0.05) is 0 Å². The van der Waals surface area contributed by atoms with Crippen molar-refractivity contribution in [3.05, 3.63) is 24.0 Å². The molecule has 0 radical (unpaired) electrons. The van der Waals surface area contributed by atoms with E-state index in [1.165, 1.54) is 0 Å². The molecule has 7 nitrogen and oxygen atoms in total. The lowest BCUT2D eigenvalue weighted by Crippen LogP contribution is -2.37. The molecule has 0 aromatic heterocycles. The highest BCUT2D eigenvalue weighted by Gasteiger charge is 2.19. The second-order valence-electron chi connectivity index (χ2n) is 4.27. The number of anilines is 1. The average molecular weight is 362 g/mol. The van der Waals surface area contributed by atoms with E-state index < -0.39 is 31.9 Å². The third kappa shape index (κ3) is 6.14. The van der Waals surface area contributed by atoms with Crippen LogP contribution >= 0.6 is 12.4 Å². The van der Waals surface area contributed by atoms with Crippen LogP contribution in [0.15, 0.2) is 23.1 Å². The van der Waals surface area contributed by atoms with Gasteiger partial charge in [0.15, 0.2) is 0 Å². The first kappa shape index (κ1) is 20.1. The zero-order valence-corrected chi connectivity index (χ0v) is 13.8. The second-order valence-corrected chi connectivity index (χ2v) is 7.74. The molecule has 21 heavy (non-hydrogen) atoms. The molecule has 1 aromatic carbocycles. The van der Waals surface area contributed by atoms with Gasteiger partial charge in [-0.2, -0.15) is 0 Å². The number of halogens is 2. The van der Waals surface area contributed by atoms with Crippen molar-refractivity contribution in [1.29, 1.82) is 0 Å². The summed E-state index contributed by atoms with van der Waals surface area (Å²) in [7, 11) is -7.54. The van der Waals surface area contributed by atoms with Gasteiger partial charge in [0.1, 0.15) is 5.82 Å². The van der Waals surface area contributed by atoms with Gasteiger partial charge in [0.05, 0.1) is 16.8 Å². The van der Waals surface area contributed by atoms with Crippen LogP contribution in [0.2, 0.25) is 0 Å². The van der Waals surface area contributed by atoms with Crippen molar-refractivity contribution >= 4 is 38.1 Å². The van der Waals surface area contributed by atoms with Crippen molar-refractivity contribution in [1.82, 2.24) is 4.72 Å². The fourth-order valence-electron chi connectivity index (χ4n) is 1.33. The van der Waals surface area contributed by atoms with E-state index in [1.807, 2.05) is 4.72 Å². The number of nitrogens with one attached hydrogen (secondary N) is 2. The van der Waals surface area contributed by atoms with Gasteiger partial charge in [-0.15, -0.1) is 12.4 Å². The van der Waals surface area contributed by atoms with E-state index >= 15 is 0 Å². The molecular weight excluding hydrogens is 345 g/mol. The van der Waals surface area contributed by atoms with Gasteiger partial charge in [-0.3, -0.25) is 4.72 Å². The molecule has 0 aliphatic rings. The monoisotopic (exact) mass is 361 g/mol. The van der Waals surface area contributed by atoms with Crippen LogP contribution in [0.1, 0.15) is 6.92 Å². The van der Waals surface area contributed by atoms with E-state index in [9.17, 15) is 21.2 Å². The topological polar surface area (TPSA) is 118 Å². The van der Waals surface area contributed by atoms with E-state index in [-0.39, 0.29) is 29.5 Å². The second kappa shape index (κ2) is 7.36. The lowest BCUT2D eigenvalue weighted by molar-refractivity contribution is 0.560. The molecule has 0 aliphatic carbocycles. The molecule has 0 fully saturated rings. The summed E-state index contributed by atoms with van der Waals surface area (Å²) >= 11 is 0. The van der Waals surface area contributed by atoms with Crippen LogP contribution in [0.4, 0.5) is 10.1 Å². The molecule has 0 saturated carbocycles. The van der Waals surface area contributed by atoms with E-state index in [0.29, 0.717) is 0 Å². The maximum atomic E-state index is 13.7. The lowest BCUT2D eigenvalue weighted by Gasteiger charge is -2.13. The first-order valence-corrected chi connectivity index (χ1v) is 8.92. The Morgan fingerprint density at radius 2 is 1.86 bits per heavy atom. The Labute approximate surface area is 129 Å². The number of sulfonamides is 2. The summed E-state index contributed by atoms with van der Waals surface area (Å²) in [5.41, 5.74) is 4.98. The molecule has 0 saturated heterocycles. The summed E-state index contributed by atoms with van der Waals surface area (Å²) in [4.78, 5) is -0.311. The van der Waals surface area contributed by atoms with Crippen LogP contribution in [0.5, 0.6) is 0 Å². The quantitative estimate of drug-likeness (QED) is 0.671. The Bertz CT molecular complexity index is 694. The van der Waals surface area contributed by atoms with Gasteiger partial charge in [0.25, 0.3) is 0 Å². The van der Waals surface area contributed by atoms with E-state index in [0.717, 1.165) is 24.5 Å². The Hall–Kier alpha value is -0.940.